The lowest BCUT2D eigenvalue weighted by Gasteiger charge is -2.42. The zero-order valence-electron chi connectivity index (χ0n) is 16.4. The molecule has 0 saturated heterocycles. The quantitative estimate of drug-likeness (QED) is 0.727. The molecule has 1 fully saturated rings. The number of carbonyl (C=O) groups is 2. The number of methoxy groups -OCH3 is 1. The van der Waals surface area contributed by atoms with E-state index in [1.807, 2.05) is 6.07 Å². The highest BCUT2D eigenvalue weighted by molar-refractivity contribution is 5.90. The fraction of sp³-hybridized carbons (Fsp3) is 0.526. The predicted octanol–water partition coefficient (Wildman–Crippen LogP) is 2.70. The number of nitrogens with zero attached hydrogens (tertiary/aromatic N) is 5. The highest BCUT2D eigenvalue weighted by Gasteiger charge is 2.45. The smallest absolute Gasteiger partial charge is 0.410 e. The number of aromatic nitrogens is 4. The molecule has 1 aliphatic rings. The number of hydrogen-bond acceptors (Lipinski definition) is 7. The lowest BCUT2D eigenvalue weighted by molar-refractivity contribution is 0.0472. The fourth-order valence-corrected chi connectivity index (χ4v) is 3.79. The van der Waals surface area contributed by atoms with Gasteiger partial charge in [0.05, 0.1) is 25.0 Å². The molecule has 1 amide bonds. The molecule has 150 valence electrons. The van der Waals surface area contributed by atoms with Crippen molar-refractivity contribution >= 4 is 12.1 Å². The molecular weight excluding hydrogens is 362 g/mol. The largest absolute Gasteiger partial charge is 0.462 e. The van der Waals surface area contributed by atoms with Crippen LogP contribution in [0.1, 0.15) is 55.2 Å². The zero-order chi connectivity index (χ0) is 20.1. The van der Waals surface area contributed by atoms with Crippen LogP contribution in [0.3, 0.4) is 0 Å². The molecule has 0 N–H and O–H groups in total. The van der Waals surface area contributed by atoms with Gasteiger partial charge >= 0.3 is 12.1 Å². The summed E-state index contributed by atoms with van der Waals surface area (Å²) in [7, 11) is 3.08. The van der Waals surface area contributed by atoms with Crippen molar-refractivity contribution in [3.8, 4) is 5.69 Å². The molecule has 1 saturated carbocycles. The van der Waals surface area contributed by atoms with Gasteiger partial charge in [-0.2, -0.15) is 4.68 Å². The fourth-order valence-electron chi connectivity index (χ4n) is 3.79. The molecule has 1 aliphatic carbocycles. The highest BCUT2D eigenvalue weighted by atomic mass is 16.5. The van der Waals surface area contributed by atoms with Crippen LogP contribution in [0.5, 0.6) is 0 Å². The molecule has 0 spiro atoms. The number of hydrogen-bond donors (Lipinski definition) is 0. The lowest BCUT2D eigenvalue weighted by Crippen LogP contribution is -2.50. The summed E-state index contributed by atoms with van der Waals surface area (Å²) in [6.45, 7) is 2.06. The number of esters is 1. The van der Waals surface area contributed by atoms with E-state index in [4.69, 9.17) is 9.47 Å². The van der Waals surface area contributed by atoms with Crippen molar-refractivity contribution in [2.24, 2.45) is 0 Å². The van der Waals surface area contributed by atoms with Crippen molar-refractivity contribution in [3.05, 3.63) is 35.7 Å². The number of carbonyl (C=O) groups excluding carboxylic acids is 2. The first-order chi connectivity index (χ1) is 13.5. The average Bonchev–Trinajstić information content (AvgIpc) is 3.24. The van der Waals surface area contributed by atoms with Gasteiger partial charge < -0.3 is 9.47 Å². The summed E-state index contributed by atoms with van der Waals surface area (Å²) in [6.07, 6.45) is 4.04. The van der Waals surface area contributed by atoms with Gasteiger partial charge in [-0.3, -0.25) is 4.90 Å². The Morgan fingerprint density at radius 1 is 1.25 bits per heavy atom. The Morgan fingerprint density at radius 3 is 2.68 bits per heavy atom. The monoisotopic (exact) mass is 387 g/mol. The summed E-state index contributed by atoms with van der Waals surface area (Å²) in [4.78, 5) is 26.0. The van der Waals surface area contributed by atoms with Gasteiger partial charge in [-0.25, -0.2) is 9.59 Å². The third-order valence-corrected chi connectivity index (χ3v) is 5.26. The minimum absolute atomic E-state index is 0.298. The Balaban J connectivity index is 2.05. The van der Waals surface area contributed by atoms with E-state index in [9.17, 15) is 9.59 Å². The molecular formula is C19H25N5O4. The minimum Gasteiger partial charge on any atom is -0.462 e. The summed E-state index contributed by atoms with van der Waals surface area (Å²) < 4.78 is 11.6. The second-order valence-electron chi connectivity index (χ2n) is 6.81. The number of benzene rings is 1. The maximum atomic E-state index is 12.3. The molecule has 0 aliphatic heterocycles. The molecule has 1 aromatic carbocycles. The maximum Gasteiger partial charge on any atom is 0.410 e. The molecule has 3 rings (SSSR count). The van der Waals surface area contributed by atoms with Gasteiger partial charge in [-0.1, -0.05) is 25.3 Å². The van der Waals surface area contributed by atoms with Crippen LogP contribution in [-0.4, -0.2) is 57.9 Å². The summed E-state index contributed by atoms with van der Waals surface area (Å²) in [5.74, 6) is 0.152. The highest BCUT2D eigenvalue weighted by Crippen LogP contribution is 2.41. The SMILES string of the molecule is CCOC(=O)c1cccc(-n2nnnc2C2(N(C)C(=O)OC)CCCCC2)c1. The third kappa shape index (κ3) is 3.56. The summed E-state index contributed by atoms with van der Waals surface area (Å²) in [6, 6.07) is 6.94. The standard InChI is InChI=1S/C19H25N5O4/c1-4-28-16(25)14-9-8-10-15(13-14)24-17(20-21-22-24)19(11-6-5-7-12-19)23(2)18(26)27-3/h8-10,13H,4-7,11-12H2,1-3H3. The Kier molecular flexibility index (Phi) is 5.91. The second-order valence-corrected chi connectivity index (χ2v) is 6.81. The van der Waals surface area contributed by atoms with Crippen LogP contribution in [0.25, 0.3) is 5.69 Å². The maximum absolute atomic E-state index is 12.3. The van der Waals surface area contributed by atoms with Crippen LogP contribution >= 0.6 is 0 Å². The van der Waals surface area contributed by atoms with Crippen molar-refractivity contribution in [2.45, 2.75) is 44.6 Å². The first kappa shape index (κ1) is 19.8. The van der Waals surface area contributed by atoms with Crippen molar-refractivity contribution in [1.82, 2.24) is 25.1 Å². The van der Waals surface area contributed by atoms with Gasteiger partial charge in [0, 0.05) is 7.05 Å². The van der Waals surface area contributed by atoms with Gasteiger partial charge in [0.2, 0.25) is 0 Å². The average molecular weight is 387 g/mol. The van der Waals surface area contributed by atoms with Crippen molar-refractivity contribution < 1.29 is 19.1 Å². The summed E-state index contributed by atoms with van der Waals surface area (Å²) in [5, 5.41) is 12.3. The van der Waals surface area contributed by atoms with Crippen molar-refractivity contribution in [3.63, 3.8) is 0 Å². The van der Waals surface area contributed by atoms with Crippen LogP contribution in [-0.2, 0) is 15.0 Å². The number of ether oxygens (including phenoxy) is 2. The number of rotatable bonds is 5. The Bertz CT molecular complexity index is 844. The molecule has 1 aromatic heterocycles. The van der Waals surface area contributed by atoms with Gasteiger partial charge in [-0.15, -0.1) is 5.10 Å². The summed E-state index contributed by atoms with van der Waals surface area (Å²) in [5.41, 5.74) is 0.378. The molecule has 9 nitrogen and oxygen atoms in total. The van der Waals surface area contributed by atoms with Crippen molar-refractivity contribution in [1.29, 1.82) is 0 Å². The van der Waals surface area contributed by atoms with Crippen molar-refractivity contribution in [2.75, 3.05) is 20.8 Å². The van der Waals surface area contributed by atoms with E-state index < -0.39 is 17.6 Å². The van der Waals surface area contributed by atoms with Gasteiger partial charge in [0.1, 0.15) is 5.54 Å². The van der Waals surface area contributed by atoms with E-state index in [2.05, 4.69) is 15.5 Å². The van der Waals surface area contributed by atoms with Crippen LogP contribution in [0.15, 0.2) is 24.3 Å². The van der Waals surface area contributed by atoms with Gasteiger partial charge in [0.25, 0.3) is 0 Å². The molecule has 9 heteroatoms. The Labute approximate surface area is 163 Å². The Hall–Kier alpha value is -2.97. The third-order valence-electron chi connectivity index (χ3n) is 5.26. The van der Waals surface area contributed by atoms with E-state index in [-0.39, 0.29) is 0 Å². The van der Waals surface area contributed by atoms with Crippen LogP contribution in [0.2, 0.25) is 0 Å². The van der Waals surface area contributed by atoms with E-state index >= 15 is 0 Å². The molecule has 2 aromatic rings. The molecule has 1 heterocycles. The normalized spacial score (nSPS) is 15.7. The first-order valence-electron chi connectivity index (χ1n) is 9.41. The molecule has 28 heavy (non-hydrogen) atoms. The van der Waals surface area contributed by atoms with E-state index in [1.165, 1.54) is 7.11 Å². The lowest BCUT2D eigenvalue weighted by atomic mass is 9.79. The molecule has 0 radical (unpaired) electrons. The minimum atomic E-state index is -0.672. The molecule has 0 unspecified atom stereocenters. The topological polar surface area (TPSA) is 99.4 Å². The Morgan fingerprint density at radius 2 is 2.00 bits per heavy atom. The van der Waals surface area contributed by atoms with E-state index in [1.54, 1.807) is 41.8 Å². The zero-order valence-corrected chi connectivity index (χ0v) is 16.4. The number of tetrazole rings is 1. The number of amides is 1. The van der Waals surface area contributed by atoms with Crippen LogP contribution in [0.4, 0.5) is 4.79 Å². The van der Waals surface area contributed by atoms with Crippen LogP contribution < -0.4 is 0 Å². The predicted molar refractivity (Wildman–Crippen MR) is 100 cm³/mol. The second kappa shape index (κ2) is 8.37. The van der Waals surface area contributed by atoms with E-state index in [0.29, 0.717) is 23.7 Å². The molecule has 0 bridgehead atoms. The van der Waals surface area contributed by atoms with Gasteiger partial charge in [0.15, 0.2) is 5.82 Å². The molecule has 0 atom stereocenters. The first-order valence-corrected chi connectivity index (χ1v) is 9.41. The summed E-state index contributed by atoms with van der Waals surface area (Å²) >= 11 is 0. The van der Waals surface area contributed by atoms with E-state index in [0.717, 1.165) is 32.1 Å². The van der Waals surface area contributed by atoms with Gasteiger partial charge in [-0.05, 0) is 48.4 Å². The van der Waals surface area contributed by atoms with Crippen LogP contribution in [0, 0.1) is 0 Å².